The van der Waals surface area contributed by atoms with Crippen LogP contribution in [0.5, 0.6) is 5.75 Å². The Kier molecular flexibility index (Phi) is 5.68. The molecule has 0 heterocycles. The van der Waals surface area contributed by atoms with Gasteiger partial charge in [-0.05, 0) is 60.4 Å². The Labute approximate surface area is 148 Å². The minimum absolute atomic E-state index is 0.200. The van der Waals surface area contributed by atoms with Crippen molar-refractivity contribution in [2.45, 2.75) is 20.0 Å². The molecule has 0 saturated heterocycles. The van der Waals surface area contributed by atoms with Crippen LogP contribution in [-0.2, 0) is 13.0 Å². The molecule has 0 unspecified atom stereocenters. The van der Waals surface area contributed by atoms with Crippen LogP contribution in [0.4, 0.5) is 10.1 Å². The highest BCUT2D eigenvalue weighted by molar-refractivity contribution is 5.50. The molecular formula is C22H22FNO. The maximum Gasteiger partial charge on any atom is 0.123 e. The van der Waals surface area contributed by atoms with Crippen molar-refractivity contribution in [1.82, 2.24) is 0 Å². The van der Waals surface area contributed by atoms with Crippen LogP contribution in [-0.4, -0.2) is 6.54 Å². The van der Waals surface area contributed by atoms with Crippen molar-refractivity contribution in [3.8, 4) is 5.75 Å². The number of nitrogens with one attached hydrogen (secondary N) is 1. The molecule has 1 N–H and O–H groups in total. The van der Waals surface area contributed by atoms with Gasteiger partial charge in [0, 0.05) is 12.2 Å². The molecule has 0 saturated carbocycles. The third kappa shape index (κ3) is 5.08. The highest BCUT2D eigenvalue weighted by Crippen LogP contribution is 2.17. The molecule has 0 aliphatic carbocycles. The molecule has 3 aromatic rings. The van der Waals surface area contributed by atoms with E-state index in [0.717, 1.165) is 35.5 Å². The van der Waals surface area contributed by atoms with Crippen molar-refractivity contribution in [3.63, 3.8) is 0 Å². The largest absolute Gasteiger partial charge is 0.489 e. The van der Waals surface area contributed by atoms with Gasteiger partial charge in [-0.2, -0.15) is 0 Å². The van der Waals surface area contributed by atoms with E-state index in [1.807, 2.05) is 37.3 Å². The number of hydrogen-bond acceptors (Lipinski definition) is 2. The first-order chi connectivity index (χ1) is 12.2. The van der Waals surface area contributed by atoms with Crippen molar-refractivity contribution in [2.75, 3.05) is 11.9 Å². The molecule has 3 aromatic carbocycles. The van der Waals surface area contributed by atoms with Gasteiger partial charge in [0.15, 0.2) is 0 Å². The Bertz CT molecular complexity index is 800. The van der Waals surface area contributed by atoms with Crippen LogP contribution in [0.25, 0.3) is 0 Å². The van der Waals surface area contributed by atoms with E-state index in [-0.39, 0.29) is 5.82 Å². The first-order valence-electron chi connectivity index (χ1n) is 8.46. The lowest BCUT2D eigenvalue weighted by atomic mass is 10.1. The summed E-state index contributed by atoms with van der Waals surface area (Å²) in [6.07, 6.45) is 0.899. The molecule has 0 fully saturated rings. The van der Waals surface area contributed by atoms with Crippen LogP contribution in [0.2, 0.25) is 0 Å². The van der Waals surface area contributed by atoms with Crippen molar-refractivity contribution < 1.29 is 9.13 Å². The first kappa shape index (κ1) is 17.0. The molecule has 0 radical (unpaired) electrons. The van der Waals surface area contributed by atoms with Gasteiger partial charge >= 0.3 is 0 Å². The van der Waals surface area contributed by atoms with E-state index in [2.05, 4.69) is 29.6 Å². The van der Waals surface area contributed by atoms with Gasteiger partial charge in [0.2, 0.25) is 0 Å². The molecule has 3 heteroatoms. The highest BCUT2D eigenvalue weighted by atomic mass is 19.1. The number of anilines is 1. The minimum Gasteiger partial charge on any atom is -0.489 e. The average molecular weight is 335 g/mol. The van der Waals surface area contributed by atoms with Crippen molar-refractivity contribution in [1.29, 1.82) is 0 Å². The van der Waals surface area contributed by atoms with Gasteiger partial charge in [-0.1, -0.05) is 42.5 Å². The number of rotatable bonds is 7. The molecular weight excluding hydrogens is 313 g/mol. The molecule has 0 aliphatic heterocycles. The van der Waals surface area contributed by atoms with Gasteiger partial charge in [-0.15, -0.1) is 0 Å². The molecule has 0 aliphatic rings. The highest BCUT2D eigenvalue weighted by Gasteiger charge is 2.01. The maximum atomic E-state index is 13.1. The van der Waals surface area contributed by atoms with E-state index in [0.29, 0.717) is 6.61 Å². The predicted octanol–water partition coefficient (Wildman–Crippen LogP) is 5.37. The van der Waals surface area contributed by atoms with Crippen LogP contribution in [0.15, 0.2) is 72.8 Å². The van der Waals surface area contributed by atoms with Gasteiger partial charge < -0.3 is 10.1 Å². The first-order valence-corrected chi connectivity index (χ1v) is 8.46. The van der Waals surface area contributed by atoms with E-state index >= 15 is 0 Å². The number of ether oxygens (including phenoxy) is 1. The summed E-state index contributed by atoms with van der Waals surface area (Å²) in [4.78, 5) is 0. The fourth-order valence-corrected chi connectivity index (χ4v) is 2.66. The zero-order valence-corrected chi connectivity index (χ0v) is 14.3. The third-order valence-corrected chi connectivity index (χ3v) is 4.09. The van der Waals surface area contributed by atoms with Gasteiger partial charge in [0.25, 0.3) is 0 Å². The molecule has 0 atom stereocenters. The Morgan fingerprint density at radius 1 is 0.880 bits per heavy atom. The van der Waals surface area contributed by atoms with E-state index in [9.17, 15) is 4.39 Å². The Balaban J connectivity index is 1.47. The standard InChI is InChI=1S/C22H22FNO/c1-17-15-20(23)9-12-22(17)24-14-13-18-7-10-21(11-8-18)25-16-19-5-3-2-4-6-19/h2-12,15,24H,13-14,16H2,1H3. The second-order valence-electron chi connectivity index (χ2n) is 6.05. The third-order valence-electron chi connectivity index (χ3n) is 4.09. The average Bonchev–Trinajstić information content (AvgIpc) is 2.64. The predicted molar refractivity (Wildman–Crippen MR) is 101 cm³/mol. The van der Waals surface area contributed by atoms with E-state index < -0.39 is 0 Å². The van der Waals surface area contributed by atoms with Crippen LogP contribution >= 0.6 is 0 Å². The second-order valence-corrected chi connectivity index (χ2v) is 6.05. The topological polar surface area (TPSA) is 21.3 Å². The lowest BCUT2D eigenvalue weighted by Gasteiger charge is -2.10. The zero-order valence-electron chi connectivity index (χ0n) is 14.3. The van der Waals surface area contributed by atoms with Crippen LogP contribution in [0.1, 0.15) is 16.7 Å². The Morgan fingerprint density at radius 2 is 1.64 bits per heavy atom. The number of halogens is 1. The number of hydrogen-bond donors (Lipinski definition) is 1. The molecule has 25 heavy (non-hydrogen) atoms. The maximum absolute atomic E-state index is 13.1. The molecule has 128 valence electrons. The second kappa shape index (κ2) is 8.34. The summed E-state index contributed by atoms with van der Waals surface area (Å²) in [5.74, 6) is 0.670. The fraction of sp³-hybridized carbons (Fsp3) is 0.182. The van der Waals surface area contributed by atoms with Crippen LogP contribution in [0.3, 0.4) is 0 Å². The van der Waals surface area contributed by atoms with Crippen LogP contribution < -0.4 is 10.1 Å². The van der Waals surface area contributed by atoms with Crippen LogP contribution in [0, 0.1) is 12.7 Å². The quantitative estimate of drug-likeness (QED) is 0.627. The van der Waals surface area contributed by atoms with E-state index in [1.54, 1.807) is 12.1 Å². The SMILES string of the molecule is Cc1cc(F)ccc1NCCc1ccc(OCc2ccccc2)cc1. The van der Waals surface area contributed by atoms with Crippen molar-refractivity contribution in [2.24, 2.45) is 0 Å². The monoisotopic (exact) mass is 335 g/mol. The summed E-state index contributed by atoms with van der Waals surface area (Å²) in [5.41, 5.74) is 4.29. The van der Waals surface area contributed by atoms with Crippen molar-refractivity contribution >= 4 is 5.69 Å². The molecule has 3 rings (SSSR count). The van der Waals surface area contributed by atoms with E-state index in [1.165, 1.54) is 11.6 Å². The summed E-state index contributed by atoms with van der Waals surface area (Å²) in [7, 11) is 0. The van der Waals surface area contributed by atoms with Gasteiger partial charge in [-0.25, -0.2) is 4.39 Å². The molecule has 2 nitrogen and oxygen atoms in total. The Morgan fingerprint density at radius 3 is 2.36 bits per heavy atom. The van der Waals surface area contributed by atoms with Gasteiger partial charge in [0.05, 0.1) is 0 Å². The molecule has 0 amide bonds. The summed E-state index contributed by atoms with van der Waals surface area (Å²) in [6, 6.07) is 23.1. The summed E-state index contributed by atoms with van der Waals surface area (Å²) >= 11 is 0. The fourth-order valence-electron chi connectivity index (χ4n) is 2.66. The summed E-state index contributed by atoms with van der Waals surface area (Å²) < 4.78 is 18.9. The lowest BCUT2D eigenvalue weighted by Crippen LogP contribution is -2.06. The Hall–Kier alpha value is -2.81. The van der Waals surface area contributed by atoms with E-state index in [4.69, 9.17) is 4.74 Å². The summed E-state index contributed by atoms with van der Waals surface area (Å²) in [5, 5.41) is 3.35. The van der Waals surface area contributed by atoms with Gasteiger partial charge in [-0.3, -0.25) is 0 Å². The minimum atomic E-state index is -0.200. The lowest BCUT2D eigenvalue weighted by molar-refractivity contribution is 0.306. The normalized spacial score (nSPS) is 10.5. The zero-order chi connectivity index (χ0) is 17.5. The molecule has 0 bridgehead atoms. The number of aryl methyl sites for hydroxylation is 1. The summed E-state index contributed by atoms with van der Waals surface area (Å²) in [6.45, 7) is 3.28. The molecule has 0 spiro atoms. The van der Waals surface area contributed by atoms with Gasteiger partial charge in [0.1, 0.15) is 18.2 Å². The van der Waals surface area contributed by atoms with Crippen molar-refractivity contribution in [3.05, 3.63) is 95.3 Å². The molecule has 0 aromatic heterocycles. The smallest absolute Gasteiger partial charge is 0.123 e. The number of benzene rings is 3.